The Bertz CT molecular complexity index is 212. The van der Waals surface area contributed by atoms with Crippen LogP contribution in [0.2, 0.25) is 0 Å². The molecule has 0 atom stereocenters. The molecule has 0 spiro atoms. The molecule has 0 N–H and O–H groups in total. The maximum Gasteiger partial charge on any atom is 0.491 e. The van der Waals surface area contributed by atoms with E-state index in [1.165, 1.54) is 0 Å². The Morgan fingerprint density at radius 3 is 1.85 bits per heavy atom. The van der Waals surface area contributed by atoms with E-state index in [4.69, 9.17) is 0 Å². The third kappa shape index (κ3) is 6.00. The zero-order chi connectivity index (χ0) is 10.7. The van der Waals surface area contributed by atoms with Gasteiger partial charge in [-0.15, -0.1) is 0 Å². The van der Waals surface area contributed by atoms with Crippen LogP contribution in [-0.2, 0) is 9.53 Å². The Morgan fingerprint density at radius 2 is 1.54 bits per heavy atom. The first-order valence-electron chi connectivity index (χ1n) is 2.65. The Balaban J connectivity index is 4.06. The average molecular weight is 208 g/mol. The Hall–Kier alpha value is -1.21. The first kappa shape index (κ1) is 11.8. The number of carbonyl (C=O) groups excluding carboxylic acids is 1. The first-order chi connectivity index (χ1) is 5.63. The fourth-order valence-corrected chi connectivity index (χ4v) is 0.240. The van der Waals surface area contributed by atoms with E-state index in [1.807, 2.05) is 0 Å². The molecule has 13 heavy (non-hydrogen) atoms. The Kier molecular flexibility index (Phi) is 3.33. The topological polar surface area (TPSA) is 26.3 Å². The van der Waals surface area contributed by atoms with Gasteiger partial charge in [0.15, 0.2) is 0 Å². The smallest absolute Gasteiger partial charge is 0.428 e. The number of hydrogen-bond donors (Lipinski definition) is 0. The van der Waals surface area contributed by atoms with Gasteiger partial charge in [-0.3, -0.25) is 0 Å². The van der Waals surface area contributed by atoms with Crippen LogP contribution in [0.15, 0.2) is 12.3 Å². The largest absolute Gasteiger partial charge is 0.491 e. The number of alkyl halides is 6. The van der Waals surface area contributed by atoms with Crippen LogP contribution >= 0.6 is 0 Å². The number of carbonyl (C=O) groups is 1. The molecule has 0 aromatic carbocycles. The highest BCUT2D eigenvalue weighted by atomic mass is 19.4. The molecule has 0 unspecified atom stereocenters. The number of rotatable bonds is 1. The van der Waals surface area contributed by atoms with E-state index in [0.717, 1.165) is 0 Å². The molecular weight excluding hydrogens is 206 g/mol. The van der Waals surface area contributed by atoms with Crippen LogP contribution < -0.4 is 0 Å². The van der Waals surface area contributed by atoms with Crippen LogP contribution in [0.4, 0.5) is 26.3 Å². The highest BCUT2D eigenvalue weighted by Gasteiger charge is 2.40. The lowest BCUT2D eigenvalue weighted by atomic mass is 10.6. The van der Waals surface area contributed by atoms with Gasteiger partial charge in [0.2, 0.25) is 0 Å². The molecular formula is C5H2F6O2. The minimum absolute atomic E-state index is 0.365. The van der Waals surface area contributed by atoms with Gasteiger partial charge in [0.1, 0.15) is 0 Å². The molecule has 0 amide bonds. The van der Waals surface area contributed by atoms with Crippen molar-refractivity contribution in [1.82, 2.24) is 0 Å². The van der Waals surface area contributed by atoms with Gasteiger partial charge in [-0.25, -0.2) is 4.79 Å². The molecule has 0 saturated heterocycles. The van der Waals surface area contributed by atoms with Crippen LogP contribution in [0.3, 0.4) is 0 Å². The molecule has 0 aromatic heterocycles. The summed E-state index contributed by atoms with van der Waals surface area (Å²) in [5.41, 5.74) is 0. The van der Waals surface area contributed by atoms with E-state index in [-0.39, 0.29) is 6.26 Å². The van der Waals surface area contributed by atoms with Crippen molar-refractivity contribution >= 4 is 5.97 Å². The van der Waals surface area contributed by atoms with Crippen LogP contribution in [0.5, 0.6) is 0 Å². The second kappa shape index (κ2) is 3.67. The number of ether oxygens (including phenoxy) is 1. The predicted molar refractivity (Wildman–Crippen MR) is 27.3 cm³/mol. The summed E-state index contributed by atoms with van der Waals surface area (Å²) >= 11 is 0. The van der Waals surface area contributed by atoms with E-state index in [0.29, 0.717) is 0 Å². The quantitative estimate of drug-likeness (QED) is 0.375. The predicted octanol–water partition coefficient (Wildman–Crippen LogP) is 2.17. The van der Waals surface area contributed by atoms with E-state index < -0.39 is 24.4 Å². The fourth-order valence-electron chi connectivity index (χ4n) is 0.240. The van der Waals surface area contributed by atoms with Crippen molar-refractivity contribution in [1.29, 1.82) is 0 Å². The molecule has 8 heteroatoms. The second-order valence-electron chi connectivity index (χ2n) is 1.75. The number of esters is 1. The molecule has 0 fully saturated rings. The molecule has 0 bridgehead atoms. The fraction of sp³-hybridized carbons (Fsp3) is 0.400. The van der Waals surface area contributed by atoms with E-state index in [1.54, 1.807) is 0 Å². The van der Waals surface area contributed by atoms with Crippen molar-refractivity contribution in [3.63, 3.8) is 0 Å². The third-order valence-electron chi connectivity index (χ3n) is 0.664. The van der Waals surface area contributed by atoms with Crippen LogP contribution in [-0.4, -0.2) is 18.3 Å². The third-order valence-corrected chi connectivity index (χ3v) is 0.664. The SMILES string of the molecule is O=C(O/C=C\C(F)(F)F)C(F)(F)F. The summed E-state index contributed by atoms with van der Waals surface area (Å²) in [6.07, 6.45) is -11.1. The van der Waals surface area contributed by atoms with Crippen molar-refractivity contribution in [2.45, 2.75) is 12.4 Å². The van der Waals surface area contributed by atoms with Crippen LogP contribution in [0.25, 0.3) is 0 Å². The van der Waals surface area contributed by atoms with Crippen LogP contribution in [0, 0.1) is 0 Å². The van der Waals surface area contributed by atoms with Crippen molar-refractivity contribution in [3.05, 3.63) is 12.3 Å². The molecule has 0 aliphatic rings. The zero-order valence-corrected chi connectivity index (χ0v) is 5.74. The summed E-state index contributed by atoms with van der Waals surface area (Å²) in [5.74, 6) is -2.70. The molecule has 0 saturated carbocycles. The highest BCUT2D eigenvalue weighted by molar-refractivity contribution is 5.76. The second-order valence-corrected chi connectivity index (χ2v) is 1.75. The Morgan fingerprint density at radius 1 is 1.08 bits per heavy atom. The van der Waals surface area contributed by atoms with Crippen LogP contribution in [0.1, 0.15) is 0 Å². The number of hydrogen-bond acceptors (Lipinski definition) is 2. The number of allylic oxidation sites excluding steroid dienone is 1. The molecule has 76 valence electrons. The normalized spacial score (nSPS) is 13.4. The first-order valence-corrected chi connectivity index (χ1v) is 2.65. The molecule has 0 rings (SSSR count). The van der Waals surface area contributed by atoms with Gasteiger partial charge in [0.25, 0.3) is 0 Å². The van der Waals surface area contributed by atoms with E-state index in [2.05, 4.69) is 4.74 Å². The van der Waals surface area contributed by atoms with Gasteiger partial charge in [-0.2, -0.15) is 26.3 Å². The monoisotopic (exact) mass is 208 g/mol. The van der Waals surface area contributed by atoms with E-state index in [9.17, 15) is 31.1 Å². The lowest BCUT2D eigenvalue weighted by Gasteiger charge is -2.02. The van der Waals surface area contributed by atoms with E-state index >= 15 is 0 Å². The minimum atomic E-state index is -5.30. The zero-order valence-electron chi connectivity index (χ0n) is 5.74. The summed E-state index contributed by atoms with van der Waals surface area (Å²) in [6.45, 7) is 0. The van der Waals surface area contributed by atoms with Gasteiger partial charge >= 0.3 is 18.3 Å². The summed E-state index contributed by atoms with van der Waals surface area (Å²) in [4.78, 5) is 9.78. The summed E-state index contributed by atoms with van der Waals surface area (Å²) in [6, 6.07) is 0. The standard InChI is InChI=1S/C5H2F6O2/c6-4(7,8)1-2-13-3(12)5(9,10)11/h1-2H/b2-1-. The van der Waals surface area contributed by atoms with Gasteiger partial charge in [-0.05, 0) is 0 Å². The summed E-state index contributed by atoms with van der Waals surface area (Å²) < 4.78 is 70.7. The summed E-state index contributed by atoms with van der Waals surface area (Å²) in [7, 11) is 0. The maximum atomic E-state index is 11.3. The maximum absolute atomic E-state index is 11.3. The van der Waals surface area contributed by atoms with Gasteiger partial charge in [0, 0.05) is 0 Å². The lowest BCUT2D eigenvalue weighted by Crippen LogP contribution is -2.23. The molecule has 0 heterocycles. The molecule has 0 aliphatic heterocycles. The van der Waals surface area contributed by atoms with Crippen molar-refractivity contribution in [2.24, 2.45) is 0 Å². The molecule has 0 aliphatic carbocycles. The van der Waals surface area contributed by atoms with Crippen molar-refractivity contribution in [3.8, 4) is 0 Å². The molecule has 0 radical (unpaired) electrons. The number of halogens is 6. The lowest BCUT2D eigenvalue weighted by molar-refractivity contribution is -0.194. The Labute approximate surface area is 67.8 Å². The summed E-state index contributed by atoms with van der Waals surface area (Å²) in [5, 5.41) is 0. The highest BCUT2D eigenvalue weighted by Crippen LogP contribution is 2.18. The average Bonchev–Trinajstić information content (AvgIpc) is 1.82. The molecule has 2 nitrogen and oxygen atoms in total. The van der Waals surface area contributed by atoms with Crippen molar-refractivity contribution < 1.29 is 35.9 Å². The molecule has 0 aromatic rings. The minimum Gasteiger partial charge on any atom is -0.428 e. The van der Waals surface area contributed by atoms with Gasteiger partial charge in [0.05, 0.1) is 12.3 Å². The van der Waals surface area contributed by atoms with Gasteiger partial charge < -0.3 is 4.74 Å². The van der Waals surface area contributed by atoms with Crippen molar-refractivity contribution in [2.75, 3.05) is 0 Å². The van der Waals surface area contributed by atoms with Gasteiger partial charge in [-0.1, -0.05) is 0 Å².